The summed E-state index contributed by atoms with van der Waals surface area (Å²) < 4.78 is 19.4. The molecule has 0 radical (unpaired) electrons. The molecule has 0 saturated heterocycles. The van der Waals surface area contributed by atoms with Crippen LogP contribution in [-0.2, 0) is 10.8 Å². The second kappa shape index (κ2) is 8.01. The van der Waals surface area contributed by atoms with Crippen LogP contribution in [0, 0.1) is 27.7 Å². The first-order chi connectivity index (χ1) is 14.1. The van der Waals surface area contributed by atoms with Crippen molar-refractivity contribution in [2.75, 3.05) is 0 Å². The molecule has 3 nitrogen and oxygen atoms in total. The number of hydrogen-bond acceptors (Lipinski definition) is 3. The van der Waals surface area contributed by atoms with Crippen molar-refractivity contribution in [3.05, 3.63) is 45.5 Å². The Hall–Kier alpha value is -1.70. The van der Waals surface area contributed by atoms with Crippen molar-refractivity contribution >= 4 is 30.2 Å². The summed E-state index contributed by atoms with van der Waals surface area (Å²) in [6.07, 6.45) is 0.00498. The highest BCUT2D eigenvalue weighted by Crippen LogP contribution is 2.45. The van der Waals surface area contributed by atoms with Gasteiger partial charge in [0.1, 0.15) is 11.2 Å². The summed E-state index contributed by atoms with van der Waals surface area (Å²) in [6.45, 7) is 26.3. The maximum absolute atomic E-state index is 6.63. The minimum Gasteiger partial charge on any atom is -0.399 e. The number of benzene rings is 2. The maximum atomic E-state index is 6.63. The summed E-state index contributed by atoms with van der Waals surface area (Å²) in [7, 11) is -1.58. The van der Waals surface area contributed by atoms with E-state index in [0.717, 1.165) is 21.9 Å². The molecule has 0 aliphatic heterocycles. The second-order valence-corrected chi connectivity index (χ2v) is 12.2. The summed E-state index contributed by atoms with van der Waals surface area (Å²) >= 11 is 0. The molecular formula is C27H39O3P. The Morgan fingerprint density at radius 3 is 1.35 bits per heavy atom. The van der Waals surface area contributed by atoms with Gasteiger partial charge in [-0.15, -0.1) is 0 Å². The molecule has 3 rings (SSSR count). The molecule has 0 atom stereocenters. The Kier molecular flexibility index (Phi) is 6.19. The SMILES string of the molecule is Cc1cc(C(C)(C)C)c2op(OC(C)C)oc3c(C(C)(C)C)cc(C)c(C)c3c2c1C. The van der Waals surface area contributed by atoms with Gasteiger partial charge in [0.15, 0.2) is 0 Å². The van der Waals surface area contributed by atoms with Gasteiger partial charge in [0.05, 0.1) is 6.10 Å². The van der Waals surface area contributed by atoms with Gasteiger partial charge in [-0.2, -0.15) is 0 Å². The van der Waals surface area contributed by atoms with Gasteiger partial charge in [-0.3, -0.25) is 4.52 Å². The van der Waals surface area contributed by atoms with Gasteiger partial charge in [-0.05, 0) is 74.6 Å². The highest BCUT2D eigenvalue weighted by molar-refractivity contribution is 7.31. The molecule has 0 spiro atoms. The molecule has 0 bridgehead atoms. The molecule has 0 aliphatic rings. The lowest BCUT2D eigenvalue weighted by atomic mass is 9.81. The van der Waals surface area contributed by atoms with Crippen molar-refractivity contribution in [1.82, 2.24) is 0 Å². The predicted octanol–water partition coefficient (Wildman–Crippen LogP) is 8.96. The summed E-state index contributed by atoms with van der Waals surface area (Å²) in [4.78, 5) is 0. The number of hydrogen-bond donors (Lipinski definition) is 0. The Labute approximate surface area is 188 Å². The third kappa shape index (κ3) is 4.45. The van der Waals surface area contributed by atoms with Crippen molar-refractivity contribution < 1.29 is 12.9 Å². The van der Waals surface area contributed by atoms with Gasteiger partial charge >= 0.3 is 8.24 Å². The third-order valence-electron chi connectivity index (χ3n) is 6.09. The van der Waals surface area contributed by atoms with Gasteiger partial charge in [0, 0.05) is 21.9 Å². The molecule has 4 heteroatoms. The van der Waals surface area contributed by atoms with Gasteiger partial charge < -0.3 is 8.39 Å². The molecule has 0 N–H and O–H groups in total. The van der Waals surface area contributed by atoms with Crippen molar-refractivity contribution in [3.8, 4) is 0 Å². The van der Waals surface area contributed by atoms with Crippen molar-refractivity contribution in [2.45, 2.75) is 100 Å². The highest BCUT2D eigenvalue weighted by Gasteiger charge is 2.27. The van der Waals surface area contributed by atoms with E-state index in [0.29, 0.717) is 0 Å². The average molecular weight is 443 g/mol. The minimum atomic E-state index is -1.58. The quantitative estimate of drug-likeness (QED) is 0.397. The highest BCUT2D eigenvalue weighted by atomic mass is 31.1. The lowest BCUT2D eigenvalue weighted by Gasteiger charge is -2.23. The Balaban J connectivity index is 2.78. The molecule has 0 aliphatic carbocycles. The number of rotatable bonds is 2. The molecule has 0 amide bonds. The maximum Gasteiger partial charge on any atom is 0.387 e. The first kappa shape index (κ1) is 24.0. The lowest BCUT2D eigenvalue weighted by molar-refractivity contribution is 0.300. The molecule has 1 aromatic heterocycles. The normalized spacial score (nSPS) is 12.9. The second-order valence-electron chi connectivity index (χ2n) is 11.2. The van der Waals surface area contributed by atoms with Crippen LogP contribution in [0.25, 0.3) is 21.9 Å². The summed E-state index contributed by atoms with van der Waals surface area (Å²) in [6, 6.07) is 4.55. The Morgan fingerprint density at radius 1 is 0.710 bits per heavy atom. The average Bonchev–Trinajstić information content (AvgIpc) is 2.76. The Morgan fingerprint density at radius 2 is 1.06 bits per heavy atom. The van der Waals surface area contributed by atoms with E-state index in [1.54, 1.807) is 0 Å². The third-order valence-corrected chi connectivity index (χ3v) is 7.35. The van der Waals surface area contributed by atoms with Gasteiger partial charge in [0.2, 0.25) is 0 Å². The van der Waals surface area contributed by atoms with E-state index in [9.17, 15) is 0 Å². The van der Waals surface area contributed by atoms with Crippen LogP contribution in [0.3, 0.4) is 0 Å². The number of fused-ring (bicyclic) bond motifs is 3. The molecule has 0 fully saturated rings. The molecule has 1 heterocycles. The fourth-order valence-corrected chi connectivity index (χ4v) is 5.22. The number of aryl methyl sites for hydroxylation is 4. The van der Waals surface area contributed by atoms with E-state index >= 15 is 0 Å². The van der Waals surface area contributed by atoms with E-state index < -0.39 is 8.24 Å². The topological polar surface area (TPSA) is 35.5 Å². The smallest absolute Gasteiger partial charge is 0.387 e. The first-order valence-corrected chi connectivity index (χ1v) is 12.3. The van der Waals surface area contributed by atoms with Crippen LogP contribution >= 0.6 is 8.24 Å². The lowest BCUT2D eigenvalue weighted by Crippen LogP contribution is -2.13. The van der Waals surface area contributed by atoms with E-state index in [1.165, 1.54) is 33.4 Å². The standard InChI is InChI=1S/C27H39O3P/c1-15(2)28-31-29-24-20(26(7,8)9)13-16(3)18(5)22(24)23-19(6)17(4)14-21(25(23)30-31)27(10,11)12/h13-15H,1-12H3. The van der Waals surface area contributed by atoms with Crippen LogP contribution in [0.15, 0.2) is 20.5 Å². The Bertz CT molecular complexity index is 1100. The predicted molar refractivity (Wildman–Crippen MR) is 134 cm³/mol. The van der Waals surface area contributed by atoms with Crippen molar-refractivity contribution in [3.63, 3.8) is 0 Å². The molecule has 31 heavy (non-hydrogen) atoms. The molecular weight excluding hydrogens is 403 g/mol. The van der Waals surface area contributed by atoms with Crippen LogP contribution in [0.2, 0.25) is 0 Å². The zero-order valence-corrected chi connectivity index (χ0v) is 22.3. The fraction of sp³-hybridized carbons (Fsp3) is 0.556. The van der Waals surface area contributed by atoms with Gasteiger partial charge in [-0.25, -0.2) is 0 Å². The van der Waals surface area contributed by atoms with Crippen LogP contribution in [0.4, 0.5) is 0 Å². The molecule has 0 unspecified atom stereocenters. The van der Waals surface area contributed by atoms with Crippen molar-refractivity contribution in [1.29, 1.82) is 0 Å². The molecule has 0 saturated carbocycles. The van der Waals surface area contributed by atoms with E-state index in [4.69, 9.17) is 12.9 Å². The van der Waals surface area contributed by atoms with E-state index in [2.05, 4.69) is 81.4 Å². The summed E-state index contributed by atoms with van der Waals surface area (Å²) in [5.41, 5.74) is 9.09. The van der Waals surface area contributed by atoms with Crippen LogP contribution in [0.5, 0.6) is 0 Å². The minimum absolute atomic E-state index is 0.00498. The van der Waals surface area contributed by atoms with Gasteiger partial charge in [-0.1, -0.05) is 53.7 Å². The van der Waals surface area contributed by atoms with Crippen LogP contribution in [0.1, 0.15) is 88.8 Å². The van der Waals surface area contributed by atoms with Crippen molar-refractivity contribution in [2.24, 2.45) is 0 Å². The molecule has 2 aromatic carbocycles. The van der Waals surface area contributed by atoms with Gasteiger partial charge in [0.25, 0.3) is 0 Å². The monoisotopic (exact) mass is 442 g/mol. The fourth-order valence-electron chi connectivity index (χ4n) is 4.07. The largest absolute Gasteiger partial charge is 0.399 e. The first-order valence-electron chi connectivity index (χ1n) is 11.3. The molecule has 3 aromatic rings. The van der Waals surface area contributed by atoms with E-state index in [1.807, 2.05) is 13.8 Å². The summed E-state index contributed by atoms with van der Waals surface area (Å²) in [5, 5.41) is 2.31. The van der Waals surface area contributed by atoms with Crippen LogP contribution in [-0.4, -0.2) is 6.10 Å². The van der Waals surface area contributed by atoms with Crippen LogP contribution < -0.4 is 4.52 Å². The summed E-state index contributed by atoms with van der Waals surface area (Å²) in [5.74, 6) is 0. The van der Waals surface area contributed by atoms with E-state index in [-0.39, 0.29) is 16.9 Å². The molecule has 170 valence electrons. The zero-order chi connectivity index (χ0) is 23.5. The zero-order valence-electron chi connectivity index (χ0n) is 21.4.